The molecule has 1 aliphatic heterocycles. The number of hydrogen-bond donors (Lipinski definition) is 1. The number of hydrogen-bond acceptors (Lipinski definition) is 7. The van der Waals surface area contributed by atoms with Crippen LogP contribution in [0.3, 0.4) is 0 Å². The van der Waals surface area contributed by atoms with Gasteiger partial charge in [-0.25, -0.2) is 0 Å². The van der Waals surface area contributed by atoms with Crippen molar-refractivity contribution in [2.24, 2.45) is 0 Å². The van der Waals surface area contributed by atoms with Crippen molar-refractivity contribution in [2.45, 2.75) is 46.1 Å². The zero-order chi connectivity index (χ0) is 24.2. The highest BCUT2D eigenvalue weighted by Crippen LogP contribution is 2.43. The lowest BCUT2D eigenvalue weighted by Gasteiger charge is -2.22. The number of aliphatic hydroxyl groups is 1. The van der Waals surface area contributed by atoms with Crippen molar-refractivity contribution in [2.75, 3.05) is 11.5 Å². The first-order valence-corrected chi connectivity index (χ1v) is 12.2. The molecule has 0 bridgehead atoms. The van der Waals surface area contributed by atoms with Gasteiger partial charge >= 0.3 is 5.91 Å². The van der Waals surface area contributed by atoms with Gasteiger partial charge in [-0.2, -0.15) is 0 Å². The predicted molar refractivity (Wildman–Crippen MR) is 132 cm³/mol. The number of carbonyl (C=O) groups excluding carboxylic acids is 2. The number of aryl methyl sites for hydroxylation is 2. The number of unbranched alkanes of at least 4 members (excludes halogenated alkanes) is 1. The summed E-state index contributed by atoms with van der Waals surface area (Å²) in [7, 11) is 0. The van der Waals surface area contributed by atoms with Crippen LogP contribution in [0.4, 0.5) is 5.13 Å². The van der Waals surface area contributed by atoms with Gasteiger partial charge in [0.1, 0.15) is 16.5 Å². The van der Waals surface area contributed by atoms with Gasteiger partial charge in [0.25, 0.3) is 5.78 Å². The van der Waals surface area contributed by atoms with E-state index in [-0.39, 0.29) is 11.3 Å². The molecule has 1 N–H and O–H groups in total. The Morgan fingerprint density at radius 1 is 1.06 bits per heavy atom. The van der Waals surface area contributed by atoms with E-state index in [1.807, 2.05) is 24.3 Å². The fourth-order valence-electron chi connectivity index (χ4n) is 3.86. The zero-order valence-electron chi connectivity index (χ0n) is 19.4. The van der Waals surface area contributed by atoms with Crippen molar-refractivity contribution in [1.29, 1.82) is 0 Å². The Labute approximate surface area is 202 Å². The first-order chi connectivity index (χ1) is 16.4. The average Bonchev–Trinajstić information content (AvgIpc) is 3.39. The molecule has 7 nitrogen and oxygen atoms in total. The number of aromatic nitrogens is 2. The van der Waals surface area contributed by atoms with E-state index in [0.29, 0.717) is 33.6 Å². The molecule has 1 amide bonds. The van der Waals surface area contributed by atoms with Crippen LogP contribution >= 0.6 is 11.3 Å². The van der Waals surface area contributed by atoms with E-state index in [9.17, 15) is 14.7 Å². The molecule has 1 aromatic heterocycles. The van der Waals surface area contributed by atoms with Gasteiger partial charge in [-0.15, -0.1) is 10.2 Å². The predicted octanol–water partition coefficient (Wildman–Crippen LogP) is 5.21. The van der Waals surface area contributed by atoms with Crippen LogP contribution in [0.5, 0.6) is 5.75 Å². The molecule has 0 spiro atoms. The third-order valence-corrected chi connectivity index (χ3v) is 6.60. The number of ether oxygens (including phenoxy) is 1. The van der Waals surface area contributed by atoms with Gasteiger partial charge in [0.2, 0.25) is 5.13 Å². The number of ketones is 1. The molecule has 0 radical (unpaired) electrons. The summed E-state index contributed by atoms with van der Waals surface area (Å²) < 4.78 is 5.69. The molecule has 34 heavy (non-hydrogen) atoms. The highest BCUT2D eigenvalue weighted by molar-refractivity contribution is 7.15. The summed E-state index contributed by atoms with van der Waals surface area (Å²) in [6, 6.07) is 13.8. The van der Waals surface area contributed by atoms with Crippen molar-refractivity contribution >= 4 is 33.9 Å². The SMILES string of the molecule is CCCCOc1ccc(/C(O)=C2/C(=O)C(=O)N(c3nnc(C)s3)C2c2ccc(CC)cc2)cc1. The van der Waals surface area contributed by atoms with Crippen LogP contribution in [0.2, 0.25) is 0 Å². The van der Waals surface area contributed by atoms with Crippen molar-refractivity contribution in [3.63, 3.8) is 0 Å². The van der Waals surface area contributed by atoms with E-state index in [1.54, 1.807) is 31.2 Å². The minimum absolute atomic E-state index is 0.0294. The van der Waals surface area contributed by atoms with Crippen LogP contribution in [-0.2, 0) is 16.0 Å². The maximum atomic E-state index is 13.2. The van der Waals surface area contributed by atoms with Crippen LogP contribution in [-0.4, -0.2) is 33.6 Å². The summed E-state index contributed by atoms with van der Waals surface area (Å²) in [6.45, 7) is 6.55. The maximum Gasteiger partial charge on any atom is 0.301 e. The first kappa shape index (κ1) is 23.6. The molecule has 2 heterocycles. The molecule has 8 heteroatoms. The number of benzene rings is 2. The Balaban J connectivity index is 1.78. The highest BCUT2D eigenvalue weighted by atomic mass is 32.1. The minimum atomic E-state index is -0.807. The number of Topliss-reactive ketones (excluding diaryl/α,β-unsaturated/α-hetero) is 1. The number of carbonyl (C=O) groups is 2. The molecule has 1 aliphatic rings. The van der Waals surface area contributed by atoms with Crippen LogP contribution in [0.15, 0.2) is 54.1 Å². The van der Waals surface area contributed by atoms with Gasteiger partial charge in [0.15, 0.2) is 0 Å². The molecule has 3 aromatic rings. The van der Waals surface area contributed by atoms with E-state index in [2.05, 4.69) is 24.0 Å². The van der Waals surface area contributed by atoms with Crippen molar-refractivity contribution < 1.29 is 19.4 Å². The molecular weight excluding hydrogens is 450 g/mol. The lowest BCUT2D eigenvalue weighted by molar-refractivity contribution is -0.132. The quantitative estimate of drug-likeness (QED) is 0.207. The molecule has 4 rings (SSSR count). The Hall–Kier alpha value is -3.52. The zero-order valence-corrected chi connectivity index (χ0v) is 20.3. The number of nitrogens with zero attached hydrogens (tertiary/aromatic N) is 3. The third-order valence-electron chi connectivity index (χ3n) is 5.76. The van der Waals surface area contributed by atoms with Crippen LogP contribution < -0.4 is 9.64 Å². The fourth-order valence-corrected chi connectivity index (χ4v) is 4.58. The van der Waals surface area contributed by atoms with Gasteiger partial charge in [-0.05, 0) is 55.2 Å². The molecule has 0 aliphatic carbocycles. The van der Waals surface area contributed by atoms with Gasteiger partial charge in [-0.3, -0.25) is 14.5 Å². The lowest BCUT2D eigenvalue weighted by Crippen LogP contribution is -2.29. The molecule has 1 atom stereocenters. The van der Waals surface area contributed by atoms with Gasteiger partial charge in [0.05, 0.1) is 18.2 Å². The molecule has 2 aromatic carbocycles. The third kappa shape index (κ3) is 4.59. The molecule has 1 saturated heterocycles. The second-order valence-electron chi connectivity index (χ2n) is 8.09. The summed E-state index contributed by atoms with van der Waals surface area (Å²) >= 11 is 1.23. The Kier molecular flexibility index (Phi) is 7.07. The summed E-state index contributed by atoms with van der Waals surface area (Å²) in [5.41, 5.74) is 2.31. The van der Waals surface area contributed by atoms with Crippen LogP contribution in [0.25, 0.3) is 5.76 Å². The second kappa shape index (κ2) is 10.2. The molecule has 1 unspecified atom stereocenters. The van der Waals surface area contributed by atoms with Crippen molar-refractivity contribution in [1.82, 2.24) is 10.2 Å². The monoisotopic (exact) mass is 477 g/mol. The van der Waals surface area contributed by atoms with Gasteiger partial charge < -0.3 is 9.84 Å². The van der Waals surface area contributed by atoms with Crippen LogP contribution in [0, 0.1) is 6.92 Å². The standard InChI is InChI=1S/C26H27N3O4S/c1-4-6-15-33-20-13-11-19(12-14-20)23(30)21-22(18-9-7-17(5-2)8-10-18)29(25(32)24(21)31)26-28-27-16(3)34-26/h7-14,22,30H,4-6,15H2,1-3H3/b23-21-. The Morgan fingerprint density at radius 2 is 1.76 bits per heavy atom. The Bertz CT molecular complexity index is 1220. The molecule has 176 valence electrons. The summed E-state index contributed by atoms with van der Waals surface area (Å²) in [4.78, 5) is 27.6. The topological polar surface area (TPSA) is 92.6 Å². The van der Waals surface area contributed by atoms with Crippen molar-refractivity contribution in [3.05, 3.63) is 75.8 Å². The summed E-state index contributed by atoms with van der Waals surface area (Å²) in [5, 5.41) is 20.3. The highest BCUT2D eigenvalue weighted by Gasteiger charge is 2.48. The normalized spacial score (nSPS) is 17.4. The van der Waals surface area contributed by atoms with E-state index >= 15 is 0 Å². The van der Waals surface area contributed by atoms with Gasteiger partial charge in [-0.1, -0.05) is 55.9 Å². The lowest BCUT2D eigenvalue weighted by atomic mass is 9.94. The number of rotatable bonds is 8. The average molecular weight is 478 g/mol. The van der Waals surface area contributed by atoms with Crippen LogP contribution in [0.1, 0.15) is 54.4 Å². The fraction of sp³-hybridized carbons (Fsp3) is 0.308. The molecular formula is C26H27N3O4S. The largest absolute Gasteiger partial charge is 0.507 e. The smallest absolute Gasteiger partial charge is 0.301 e. The first-order valence-electron chi connectivity index (χ1n) is 11.4. The van der Waals surface area contributed by atoms with E-state index < -0.39 is 17.7 Å². The molecule has 0 saturated carbocycles. The van der Waals surface area contributed by atoms with Crippen molar-refractivity contribution in [3.8, 4) is 5.75 Å². The maximum absolute atomic E-state index is 13.2. The molecule has 1 fully saturated rings. The number of amides is 1. The number of anilines is 1. The second-order valence-corrected chi connectivity index (χ2v) is 9.25. The summed E-state index contributed by atoms with van der Waals surface area (Å²) in [6.07, 6.45) is 2.85. The van der Waals surface area contributed by atoms with E-state index in [1.165, 1.54) is 16.2 Å². The Morgan fingerprint density at radius 3 is 2.35 bits per heavy atom. The number of aliphatic hydroxyl groups excluding tert-OH is 1. The van der Waals surface area contributed by atoms with Gasteiger partial charge in [0, 0.05) is 5.56 Å². The summed E-state index contributed by atoms with van der Waals surface area (Å²) in [5.74, 6) is -1.03. The van der Waals surface area contributed by atoms with E-state index in [4.69, 9.17) is 4.74 Å². The van der Waals surface area contributed by atoms with E-state index in [0.717, 1.165) is 24.8 Å². The minimum Gasteiger partial charge on any atom is -0.507 e.